The Morgan fingerprint density at radius 1 is 1.15 bits per heavy atom. The van der Waals surface area contributed by atoms with Gasteiger partial charge in [0.05, 0.1) is 11.6 Å². The van der Waals surface area contributed by atoms with Crippen molar-refractivity contribution in [3.63, 3.8) is 0 Å². The second-order valence-electron chi connectivity index (χ2n) is 11.0. The Kier molecular flexibility index (Phi) is 8.23. The quantitative estimate of drug-likeness (QED) is 0.284. The van der Waals surface area contributed by atoms with Crippen molar-refractivity contribution in [2.24, 2.45) is 5.92 Å². The molecule has 6 rings (SSSR count). The Balaban J connectivity index is 1.30. The number of rotatable bonds is 9. The maximum atomic E-state index is 14.4. The lowest BCUT2D eigenvalue weighted by Gasteiger charge is -2.36. The van der Waals surface area contributed by atoms with E-state index in [4.69, 9.17) is 21.1 Å². The number of aromatic nitrogens is 1. The van der Waals surface area contributed by atoms with Crippen molar-refractivity contribution < 1.29 is 19.1 Å². The first-order valence-corrected chi connectivity index (χ1v) is 14.7. The summed E-state index contributed by atoms with van der Waals surface area (Å²) in [5, 5.41) is 3.92. The Morgan fingerprint density at radius 2 is 2.00 bits per heavy atom. The molecule has 0 unspecified atom stereocenters. The third kappa shape index (κ3) is 5.96. The van der Waals surface area contributed by atoms with Crippen LogP contribution in [0.25, 0.3) is 11.1 Å². The molecule has 9 heteroatoms. The van der Waals surface area contributed by atoms with Gasteiger partial charge in [0.15, 0.2) is 6.61 Å². The largest absolute Gasteiger partial charge is 0.482 e. The van der Waals surface area contributed by atoms with Crippen LogP contribution in [0.2, 0.25) is 5.15 Å². The van der Waals surface area contributed by atoms with Crippen LogP contribution in [0, 0.1) is 5.92 Å². The van der Waals surface area contributed by atoms with Crippen LogP contribution in [0.1, 0.15) is 37.2 Å². The number of nitrogens with one attached hydrogen (secondary N) is 1. The number of pyridine rings is 1. The van der Waals surface area contributed by atoms with Crippen molar-refractivity contribution in [1.29, 1.82) is 0 Å². The van der Waals surface area contributed by atoms with Crippen molar-refractivity contribution >= 4 is 34.8 Å². The standard InChI is InChI=1S/C32H35ClN4O4/c1-40-15-3-14-36-28-18-25(8-9-29(28)41-20-31(36)38)37(24-6-7-24)32(39)27-19-34-12-11-26(27)23-5-2-4-21(16-23)22-10-13-35-30(33)17-22/h2,4-5,8-10,13,16-18,24,26-27,34H,3,6-7,11-12,14-15,19-20H2,1H3/t26-,27+/m1/s1. The molecule has 1 saturated carbocycles. The first-order valence-electron chi connectivity index (χ1n) is 14.4. The molecule has 2 aliphatic heterocycles. The van der Waals surface area contributed by atoms with Crippen molar-refractivity contribution in [2.75, 3.05) is 49.8 Å². The van der Waals surface area contributed by atoms with Crippen LogP contribution >= 0.6 is 11.6 Å². The van der Waals surface area contributed by atoms with Gasteiger partial charge in [0.2, 0.25) is 5.91 Å². The van der Waals surface area contributed by atoms with Crippen LogP contribution in [-0.4, -0.2) is 62.8 Å². The fourth-order valence-corrected chi connectivity index (χ4v) is 6.20. The van der Waals surface area contributed by atoms with E-state index in [0.717, 1.165) is 60.3 Å². The first-order chi connectivity index (χ1) is 20.0. The molecule has 1 N–H and O–H groups in total. The van der Waals surface area contributed by atoms with E-state index in [2.05, 4.69) is 34.6 Å². The minimum Gasteiger partial charge on any atom is -0.482 e. The van der Waals surface area contributed by atoms with E-state index in [0.29, 0.717) is 30.6 Å². The monoisotopic (exact) mass is 574 g/mol. The predicted octanol–water partition coefficient (Wildman–Crippen LogP) is 5.05. The number of hydrogen-bond acceptors (Lipinski definition) is 6. The smallest absolute Gasteiger partial charge is 0.265 e. The zero-order valence-corrected chi connectivity index (χ0v) is 24.0. The van der Waals surface area contributed by atoms with Crippen LogP contribution in [0.4, 0.5) is 11.4 Å². The molecule has 2 amide bonds. The highest BCUT2D eigenvalue weighted by Crippen LogP contribution is 2.42. The maximum absolute atomic E-state index is 14.4. The fourth-order valence-electron chi connectivity index (χ4n) is 6.03. The summed E-state index contributed by atoms with van der Waals surface area (Å²) in [6.45, 7) is 2.60. The minimum absolute atomic E-state index is 0.0186. The normalized spacial score (nSPS) is 20.3. The molecule has 8 nitrogen and oxygen atoms in total. The Hall–Kier alpha value is -3.46. The van der Waals surface area contributed by atoms with Gasteiger partial charge in [0, 0.05) is 44.7 Å². The number of nitrogens with zero attached hydrogens (tertiary/aromatic N) is 3. The van der Waals surface area contributed by atoms with Gasteiger partial charge >= 0.3 is 0 Å². The van der Waals surface area contributed by atoms with E-state index in [9.17, 15) is 9.59 Å². The topological polar surface area (TPSA) is 84.0 Å². The lowest BCUT2D eigenvalue weighted by atomic mass is 9.79. The number of hydrogen-bond donors (Lipinski definition) is 1. The zero-order chi connectivity index (χ0) is 28.3. The molecule has 1 saturated heterocycles. The highest BCUT2D eigenvalue weighted by atomic mass is 35.5. The summed E-state index contributed by atoms with van der Waals surface area (Å²) in [5.74, 6) is 0.569. The van der Waals surface area contributed by atoms with E-state index in [1.165, 1.54) is 0 Å². The molecular weight excluding hydrogens is 540 g/mol. The van der Waals surface area contributed by atoms with Gasteiger partial charge in [-0.15, -0.1) is 0 Å². The van der Waals surface area contributed by atoms with E-state index in [1.54, 1.807) is 18.2 Å². The average Bonchev–Trinajstić information content (AvgIpc) is 3.84. The molecule has 1 aliphatic carbocycles. The van der Waals surface area contributed by atoms with Crippen LogP contribution in [0.15, 0.2) is 60.8 Å². The summed E-state index contributed by atoms with van der Waals surface area (Å²) in [5.41, 5.74) is 4.75. The van der Waals surface area contributed by atoms with Gasteiger partial charge in [0.25, 0.3) is 5.91 Å². The number of piperidine rings is 1. The minimum atomic E-state index is -0.215. The SMILES string of the molecule is COCCCN1C(=O)COc2ccc(N(C(=O)[C@H]3CNCC[C@@H]3c3cccc(-c4ccnc(Cl)c4)c3)C3CC3)cc21. The number of fused-ring (bicyclic) bond motifs is 1. The molecular formula is C32H35ClN4O4. The number of halogens is 1. The molecule has 2 fully saturated rings. The van der Waals surface area contributed by atoms with Crippen LogP contribution in [0.3, 0.4) is 0 Å². The number of ether oxygens (including phenoxy) is 2. The Bertz CT molecular complexity index is 1430. The molecule has 3 aromatic rings. The van der Waals surface area contributed by atoms with Gasteiger partial charge in [-0.3, -0.25) is 9.59 Å². The predicted molar refractivity (Wildman–Crippen MR) is 160 cm³/mol. The van der Waals surface area contributed by atoms with Gasteiger partial charge in [-0.1, -0.05) is 35.9 Å². The van der Waals surface area contributed by atoms with Gasteiger partial charge < -0.3 is 24.6 Å². The highest BCUT2D eigenvalue weighted by Gasteiger charge is 2.41. The summed E-state index contributed by atoms with van der Waals surface area (Å²) < 4.78 is 10.9. The van der Waals surface area contributed by atoms with E-state index in [-0.39, 0.29) is 36.3 Å². The molecule has 2 atom stereocenters. The number of methoxy groups -OCH3 is 1. The molecule has 0 bridgehead atoms. The summed E-state index contributed by atoms with van der Waals surface area (Å²) in [4.78, 5) is 35.0. The van der Waals surface area contributed by atoms with Gasteiger partial charge in [-0.05, 0) is 85.2 Å². The molecule has 41 heavy (non-hydrogen) atoms. The summed E-state index contributed by atoms with van der Waals surface area (Å²) in [6, 6.07) is 18.2. The van der Waals surface area contributed by atoms with Crippen molar-refractivity contribution in [3.05, 3.63) is 71.5 Å². The maximum Gasteiger partial charge on any atom is 0.265 e. The number of anilines is 2. The number of amides is 2. The van der Waals surface area contributed by atoms with Crippen LogP contribution in [-0.2, 0) is 14.3 Å². The second-order valence-corrected chi connectivity index (χ2v) is 11.4. The number of carbonyl (C=O) groups is 2. The molecule has 1 aromatic heterocycles. The summed E-state index contributed by atoms with van der Waals surface area (Å²) >= 11 is 6.16. The van der Waals surface area contributed by atoms with Crippen molar-refractivity contribution in [3.8, 4) is 16.9 Å². The summed E-state index contributed by atoms with van der Waals surface area (Å²) in [7, 11) is 1.66. The van der Waals surface area contributed by atoms with E-state index < -0.39 is 0 Å². The van der Waals surface area contributed by atoms with Crippen LogP contribution < -0.4 is 19.9 Å². The average molecular weight is 575 g/mol. The second kappa shape index (κ2) is 12.2. The van der Waals surface area contributed by atoms with Crippen LogP contribution in [0.5, 0.6) is 5.75 Å². The molecule has 2 aromatic carbocycles. The summed E-state index contributed by atoms with van der Waals surface area (Å²) in [6.07, 6.45) is 5.25. The lowest BCUT2D eigenvalue weighted by molar-refractivity contribution is -0.123. The van der Waals surface area contributed by atoms with Gasteiger partial charge in [-0.2, -0.15) is 0 Å². The molecule has 3 aliphatic rings. The number of benzene rings is 2. The Morgan fingerprint density at radius 3 is 2.80 bits per heavy atom. The first kappa shape index (κ1) is 27.7. The van der Waals surface area contributed by atoms with Gasteiger partial charge in [-0.25, -0.2) is 4.98 Å². The third-order valence-corrected chi connectivity index (χ3v) is 8.42. The third-order valence-electron chi connectivity index (χ3n) is 8.22. The fraction of sp³-hybridized carbons (Fsp3) is 0.406. The van der Waals surface area contributed by atoms with E-state index >= 15 is 0 Å². The van der Waals surface area contributed by atoms with E-state index in [1.807, 2.05) is 35.2 Å². The van der Waals surface area contributed by atoms with Gasteiger partial charge in [0.1, 0.15) is 10.9 Å². The molecule has 3 heterocycles. The van der Waals surface area contributed by atoms with Crippen molar-refractivity contribution in [2.45, 2.75) is 37.6 Å². The molecule has 0 spiro atoms. The van der Waals surface area contributed by atoms with Crippen molar-refractivity contribution in [1.82, 2.24) is 10.3 Å². The zero-order valence-electron chi connectivity index (χ0n) is 23.2. The molecule has 214 valence electrons. The number of carbonyl (C=O) groups excluding carboxylic acids is 2. The Labute approximate surface area is 245 Å². The lowest BCUT2D eigenvalue weighted by Crippen LogP contribution is -2.47. The molecule has 0 radical (unpaired) electrons. The highest BCUT2D eigenvalue weighted by molar-refractivity contribution is 6.29.